The van der Waals surface area contributed by atoms with E-state index in [1.165, 1.54) is 14.7 Å². The van der Waals surface area contributed by atoms with Crippen LogP contribution < -0.4 is 4.74 Å². The van der Waals surface area contributed by atoms with Crippen molar-refractivity contribution in [3.05, 3.63) is 121 Å². The lowest BCUT2D eigenvalue weighted by molar-refractivity contribution is 0.404. The normalized spacial score (nSPS) is 10.8. The summed E-state index contributed by atoms with van der Waals surface area (Å²) in [6.45, 7) is 0. The van der Waals surface area contributed by atoms with E-state index in [1.54, 1.807) is 37.4 Å². The number of hydrogen-bond donors (Lipinski definition) is 0. The van der Waals surface area contributed by atoms with Gasteiger partial charge in [-0.1, -0.05) is 78.9 Å². The van der Waals surface area contributed by atoms with Crippen molar-refractivity contribution in [1.82, 2.24) is 0 Å². The van der Waals surface area contributed by atoms with E-state index in [4.69, 9.17) is 4.74 Å². The molecule has 0 saturated carbocycles. The third-order valence-corrected chi connectivity index (χ3v) is 7.38. The summed E-state index contributed by atoms with van der Waals surface area (Å²) in [7, 11) is -2.55. The zero-order valence-corrected chi connectivity index (χ0v) is 19.3. The van der Waals surface area contributed by atoms with Crippen molar-refractivity contribution < 1.29 is 17.7 Å². The Balaban J connectivity index is 0.000000222. The fourth-order valence-corrected chi connectivity index (χ4v) is 5.88. The van der Waals surface area contributed by atoms with E-state index < -0.39 is 15.9 Å². The molecule has 4 aromatic rings. The maximum Gasteiger partial charge on any atom is 0.208 e. The molecule has 0 aliphatic carbocycles. The van der Waals surface area contributed by atoms with Crippen LogP contribution in [-0.2, 0) is 26.8 Å². The number of hydrogen-bond acceptors (Lipinski definition) is 4. The Labute approximate surface area is 192 Å². The van der Waals surface area contributed by atoms with E-state index in [2.05, 4.69) is 72.8 Å². The van der Waals surface area contributed by atoms with Crippen molar-refractivity contribution in [3.63, 3.8) is 0 Å². The summed E-state index contributed by atoms with van der Waals surface area (Å²) < 4.78 is 36.3. The second kappa shape index (κ2) is 11.5. The molecular weight excluding hydrogens is 440 g/mol. The van der Waals surface area contributed by atoms with Gasteiger partial charge >= 0.3 is 0 Å². The summed E-state index contributed by atoms with van der Waals surface area (Å²) in [4.78, 5) is 3.82. The summed E-state index contributed by atoms with van der Waals surface area (Å²) in [6.07, 6.45) is 0. The third kappa shape index (κ3) is 6.99. The SMILES string of the molecule is COc1ccccc1[S+](c1ccccc1)c1ccccc1.O=S(=O)([O-])Cc1ccccc1. The molecule has 4 rings (SSSR count). The Morgan fingerprint density at radius 2 is 1.12 bits per heavy atom. The molecule has 0 unspecified atom stereocenters. The number of benzene rings is 4. The minimum Gasteiger partial charge on any atom is -0.748 e. The van der Waals surface area contributed by atoms with E-state index in [9.17, 15) is 13.0 Å². The fraction of sp³-hybridized carbons (Fsp3) is 0.0769. The van der Waals surface area contributed by atoms with Crippen LogP contribution >= 0.6 is 0 Å². The van der Waals surface area contributed by atoms with Gasteiger partial charge in [-0.25, -0.2) is 8.42 Å². The molecular formula is C26H24O4S2. The zero-order valence-electron chi connectivity index (χ0n) is 17.6. The van der Waals surface area contributed by atoms with Crippen molar-refractivity contribution in [2.45, 2.75) is 20.4 Å². The van der Waals surface area contributed by atoms with Crippen LogP contribution in [0.15, 0.2) is 130 Å². The Morgan fingerprint density at radius 3 is 1.59 bits per heavy atom. The molecule has 0 aromatic heterocycles. The molecule has 164 valence electrons. The van der Waals surface area contributed by atoms with Gasteiger partial charge in [-0.05, 0) is 42.0 Å². The summed E-state index contributed by atoms with van der Waals surface area (Å²) in [6, 6.07) is 37.8. The van der Waals surface area contributed by atoms with Gasteiger partial charge in [0.1, 0.15) is 10.9 Å². The highest BCUT2D eigenvalue weighted by molar-refractivity contribution is 7.97. The molecule has 0 N–H and O–H groups in total. The highest BCUT2D eigenvalue weighted by atomic mass is 32.2. The first kappa shape index (κ1) is 23.6. The van der Waals surface area contributed by atoms with Crippen LogP contribution in [0.25, 0.3) is 0 Å². The number of ether oxygens (including phenoxy) is 1. The molecule has 0 aliphatic heterocycles. The molecule has 0 fully saturated rings. The Bertz CT molecular complexity index is 1160. The fourth-order valence-electron chi connectivity index (χ4n) is 3.07. The maximum atomic E-state index is 10.2. The average molecular weight is 465 g/mol. The summed E-state index contributed by atoms with van der Waals surface area (Å²) >= 11 is 0. The molecule has 6 heteroatoms. The highest BCUT2D eigenvalue weighted by Gasteiger charge is 2.31. The Hall–Kier alpha value is -3.06. The van der Waals surface area contributed by atoms with E-state index in [0.717, 1.165) is 5.75 Å². The minimum absolute atomic E-state index is 0.151. The van der Waals surface area contributed by atoms with E-state index in [0.29, 0.717) is 5.56 Å². The summed E-state index contributed by atoms with van der Waals surface area (Å²) in [5.74, 6) is 0.516. The molecule has 0 spiro atoms. The van der Waals surface area contributed by atoms with Gasteiger partial charge < -0.3 is 9.29 Å². The lowest BCUT2D eigenvalue weighted by Crippen LogP contribution is -2.06. The second-order valence-electron chi connectivity index (χ2n) is 6.77. The van der Waals surface area contributed by atoms with Gasteiger partial charge in [0.15, 0.2) is 15.5 Å². The topological polar surface area (TPSA) is 66.4 Å². The van der Waals surface area contributed by atoms with Crippen LogP contribution in [0.3, 0.4) is 0 Å². The third-order valence-electron chi connectivity index (χ3n) is 4.43. The van der Waals surface area contributed by atoms with Crippen LogP contribution in [0.4, 0.5) is 0 Å². The van der Waals surface area contributed by atoms with Gasteiger partial charge in [-0.3, -0.25) is 0 Å². The quantitative estimate of drug-likeness (QED) is 0.278. The first-order chi connectivity index (χ1) is 15.5. The number of methoxy groups -OCH3 is 1. The van der Waals surface area contributed by atoms with Crippen LogP contribution in [0.5, 0.6) is 5.75 Å². The molecule has 0 aliphatic rings. The lowest BCUT2D eigenvalue weighted by atomic mass is 10.2. The standard InChI is InChI=1S/C19H17OS.C7H8O3S/c1-20-18-14-8-9-15-19(18)21(16-10-4-2-5-11-16)17-12-6-3-7-13-17;8-11(9,10)6-7-4-2-1-3-5-7/h2-15H,1H3;1-5H,6H2,(H,8,9,10)/q+1;/p-1. The number of rotatable bonds is 6. The molecule has 0 amide bonds. The van der Waals surface area contributed by atoms with Crippen molar-refractivity contribution in [2.24, 2.45) is 0 Å². The molecule has 0 heterocycles. The van der Waals surface area contributed by atoms with Crippen LogP contribution in [0.2, 0.25) is 0 Å². The van der Waals surface area contributed by atoms with Crippen LogP contribution in [0, 0.1) is 0 Å². The van der Waals surface area contributed by atoms with Gasteiger partial charge in [0, 0.05) is 0 Å². The lowest BCUT2D eigenvalue weighted by Gasteiger charge is -2.10. The molecule has 0 saturated heterocycles. The Kier molecular flexibility index (Phi) is 8.50. The minimum atomic E-state index is -4.13. The predicted octanol–water partition coefficient (Wildman–Crippen LogP) is 5.52. The van der Waals surface area contributed by atoms with Crippen molar-refractivity contribution in [1.29, 1.82) is 0 Å². The largest absolute Gasteiger partial charge is 0.748 e. The first-order valence-corrected chi connectivity index (χ1v) is 12.7. The van der Waals surface area contributed by atoms with Crippen molar-refractivity contribution >= 4 is 21.0 Å². The second-order valence-corrected chi connectivity index (χ2v) is 10.2. The molecule has 32 heavy (non-hydrogen) atoms. The highest BCUT2D eigenvalue weighted by Crippen LogP contribution is 2.36. The van der Waals surface area contributed by atoms with Gasteiger partial charge in [-0.15, -0.1) is 0 Å². The van der Waals surface area contributed by atoms with Crippen molar-refractivity contribution in [2.75, 3.05) is 7.11 Å². The first-order valence-electron chi connectivity index (χ1n) is 9.93. The van der Waals surface area contributed by atoms with Crippen LogP contribution in [-0.4, -0.2) is 20.1 Å². The predicted molar refractivity (Wildman–Crippen MR) is 128 cm³/mol. The van der Waals surface area contributed by atoms with Gasteiger partial charge in [0.2, 0.25) is 4.90 Å². The summed E-state index contributed by atoms with van der Waals surface area (Å²) in [5, 5.41) is 0. The zero-order chi connectivity index (χ0) is 22.8. The summed E-state index contributed by atoms with van der Waals surface area (Å²) in [5.41, 5.74) is 0.530. The van der Waals surface area contributed by atoms with E-state index in [1.807, 2.05) is 12.1 Å². The molecule has 0 bridgehead atoms. The van der Waals surface area contributed by atoms with E-state index >= 15 is 0 Å². The number of para-hydroxylation sites is 1. The molecule has 0 radical (unpaired) electrons. The van der Waals surface area contributed by atoms with Crippen molar-refractivity contribution in [3.8, 4) is 5.75 Å². The van der Waals surface area contributed by atoms with Crippen LogP contribution in [0.1, 0.15) is 5.56 Å². The molecule has 0 atom stereocenters. The average Bonchev–Trinajstić information content (AvgIpc) is 2.81. The van der Waals surface area contributed by atoms with E-state index in [-0.39, 0.29) is 10.9 Å². The maximum absolute atomic E-state index is 10.2. The molecule has 4 nitrogen and oxygen atoms in total. The Morgan fingerprint density at radius 1 is 0.688 bits per heavy atom. The smallest absolute Gasteiger partial charge is 0.208 e. The van der Waals surface area contributed by atoms with Gasteiger partial charge in [0.25, 0.3) is 0 Å². The monoisotopic (exact) mass is 464 g/mol. The van der Waals surface area contributed by atoms with Gasteiger partial charge in [0.05, 0.1) is 23.0 Å². The molecule has 4 aromatic carbocycles. The van der Waals surface area contributed by atoms with Gasteiger partial charge in [-0.2, -0.15) is 0 Å².